The lowest BCUT2D eigenvalue weighted by Crippen LogP contribution is -2.17. The zero-order valence-electron chi connectivity index (χ0n) is 10.1. The van der Waals surface area contributed by atoms with Crippen LogP contribution in [0.3, 0.4) is 0 Å². The fraction of sp³-hybridized carbons (Fsp3) is 0.308. The Morgan fingerprint density at radius 3 is 2.56 bits per heavy atom. The number of hydrogen-bond acceptors (Lipinski definition) is 4. The van der Waals surface area contributed by atoms with E-state index in [1.54, 1.807) is 13.8 Å². The van der Waals surface area contributed by atoms with Crippen molar-refractivity contribution in [2.24, 2.45) is 0 Å². The summed E-state index contributed by atoms with van der Waals surface area (Å²) in [7, 11) is 0. The monoisotopic (exact) mass is 312 g/mol. The summed E-state index contributed by atoms with van der Waals surface area (Å²) < 4.78 is 4.88. The number of aldehydes is 1. The van der Waals surface area contributed by atoms with Crippen LogP contribution in [0.1, 0.15) is 44.9 Å². The fourth-order valence-electron chi connectivity index (χ4n) is 1.44. The van der Waals surface area contributed by atoms with Crippen molar-refractivity contribution in [1.82, 2.24) is 0 Å². The van der Waals surface area contributed by atoms with Crippen molar-refractivity contribution in [2.75, 3.05) is 6.61 Å². The molecule has 1 atom stereocenters. The summed E-state index contributed by atoms with van der Waals surface area (Å²) in [6, 6.07) is 4.34. The molecule has 1 aromatic rings. The van der Waals surface area contributed by atoms with E-state index in [-0.39, 0.29) is 23.5 Å². The molecular formula is C13H13BrO4. The van der Waals surface area contributed by atoms with Crippen molar-refractivity contribution in [3.63, 3.8) is 0 Å². The molecule has 1 rings (SSSR count). The number of Topliss-reactive ketones (excluding diaryl/α,β-unsaturated/α-hetero) is 1. The molecular weight excluding hydrogens is 300 g/mol. The number of ketones is 1. The average molecular weight is 313 g/mol. The number of ether oxygens (including phenoxy) is 1. The summed E-state index contributed by atoms with van der Waals surface area (Å²) in [6.45, 7) is 3.56. The van der Waals surface area contributed by atoms with Gasteiger partial charge in [0, 0.05) is 11.1 Å². The standard InChI is InChI=1S/C13H13BrO4/c1-3-18-13(17)11-6-9(7-15)4-5-10(11)12(16)8(2)14/h4-8H,3H2,1-2H3. The van der Waals surface area contributed by atoms with Crippen LogP contribution in [0, 0.1) is 0 Å². The van der Waals surface area contributed by atoms with Crippen molar-refractivity contribution in [2.45, 2.75) is 18.7 Å². The van der Waals surface area contributed by atoms with Crippen molar-refractivity contribution in [1.29, 1.82) is 0 Å². The first-order valence-corrected chi connectivity index (χ1v) is 6.37. The van der Waals surface area contributed by atoms with Crippen molar-refractivity contribution in [3.05, 3.63) is 34.9 Å². The molecule has 18 heavy (non-hydrogen) atoms. The molecule has 0 aliphatic rings. The lowest BCUT2D eigenvalue weighted by molar-refractivity contribution is 0.0523. The third kappa shape index (κ3) is 3.26. The second-order valence-electron chi connectivity index (χ2n) is 3.62. The van der Waals surface area contributed by atoms with Crippen molar-refractivity contribution >= 4 is 34.0 Å². The minimum Gasteiger partial charge on any atom is -0.462 e. The Balaban J connectivity index is 3.28. The molecule has 0 heterocycles. The minimum atomic E-state index is -0.599. The molecule has 4 nitrogen and oxygen atoms in total. The first-order chi connectivity index (χ1) is 8.51. The Morgan fingerprint density at radius 1 is 1.39 bits per heavy atom. The first-order valence-electron chi connectivity index (χ1n) is 5.45. The lowest BCUT2D eigenvalue weighted by Gasteiger charge is -2.09. The van der Waals surface area contributed by atoms with Gasteiger partial charge in [-0.1, -0.05) is 22.0 Å². The van der Waals surface area contributed by atoms with Crippen molar-refractivity contribution < 1.29 is 19.1 Å². The van der Waals surface area contributed by atoms with E-state index in [9.17, 15) is 14.4 Å². The molecule has 0 aromatic heterocycles. The molecule has 0 aliphatic heterocycles. The number of carbonyl (C=O) groups excluding carboxylic acids is 3. The molecule has 0 fully saturated rings. The van der Waals surface area contributed by atoms with E-state index in [0.29, 0.717) is 11.8 Å². The van der Waals surface area contributed by atoms with Crippen LogP contribution in [-0.4, -0.2) is 29.5 Å². The molecule has 0 saturated heterocycles. The Labute approximate surface area is 113 Å². The van der Waals surface area contributed by atoms with Crippen LogP contribution in [0.15, 0.2) is 18.2 Å². The van der Waals surface area contributed by atoms with E-state index >= 15 is 0 Å². The largest absolute Gasteiger partial charge is 0.462 e. The van der Waals surface area contributed by atoms with Gasteiger partial charge in [-0.15, -0.1) is 0 Å². The maximum Gasteiger partial charge on any atom is 0.338 e. The van der Waals surface area contributed by atoms with E-state index in [1.165, 1.54) is 18.2 Å². The maximum atomic E-state index is 11.9. The number of halogens is 1. The zero-order valence-corrected chi connectivity index (χ0v) is 11.7. The predicted molar refractivity (Wildman–Crippen MR) is 70.5 cm³/mol. The Hall–Kier alpha value is -1.49. The van der Waals surface area contributed by atoms with E-state index in [1.807, 2.05) is 0 Å². The van der Waals surface area contributed by atoms with Gasteiger partial charge < -0.3 is 4.74 Å². The van der Waals surface area contributed by atoms with Gasteiger partial charge in [-0.05, 0) is 26.0 Å². The van der Waals surface area contributed by atoms with E-state index in [0.717, 1.165) is 0 Å². The van der Waals surface area contributed by atoms with E-state index < -0.39 is 10.8 Å². The molecule has 0 N–H and O–H groups in total. The highest BCUT2D eigenvalue weighted by Gasteiger charge is 2.21. The van der Waals surface area contributed by atoms with Gasteiger partial charge in [0.25, 0.3) is 0 Å². The molecule has 0 radical (unpaired) electrons. The third-order valence-electron chi connectivity index (χ3n) is 2.30. The summed E-state index contributed by atoms with van der Waals surface area (Å²) in [6.07, 6.45) is 0.620. The molecule has 0 spiro atoms. The highest BCUT2D eigenvalue weighted by atomic mass is 79.9. The first kappa shape index (κ1) is 14.6. The fourth-order valence-corrected chi connectivity index (χ4v) is 1.69. The van der Waals surface area contributed by atoms with Crippen LogP contribution in [-0.2, 0) is 4.74 Å². The van der Waals surface area contributed by atoms with Crippen LogP contribution in [0.5, 0.6) is 0 Å². The average Bonchev–Trinajstić information content (AvgIpc) is 2.37. The van der Waals surface area contributed by atoms with Gasteiger partial charge in [0.1, 0.15) is 6.29 Å². The summed E-state index contributed by atoms with van der Waals surface area (Å²) in [4.78, 5) is 34.0. The van der Waals surface area contributed by atoms with Gasteiger partial charge in [0.2, 0.25) is 0 Å². The quantitative estimate of drug-likeness (QED) is 0.363. The number of rotatable bonds is 5. The van der Waals surface area contributed by atoms with Crippen LogP contribution in [0.4, 0.5) is 0 Å². The Bertz CT molecular complexity index is 480. The second kappa shape index (κ2) is 6.44. The summed E-state index contributed by atoms with van der Waals surface area (Å²) in [5.41, 5.74) is 0.706. The number of benzene rings is 1. The summed E-state index contributed by atoms with van der Waals surface area (Å²) in [5, 5.41) is 0. The van der Waals surface area contributed by atoms with Crippen LogP contribution < -0.4 is 0 Å². The number of carbonyl (C=O) groups is 3. The SMILES string of the molecule is CCOC(=O)c1cc(C=O)ccc1C(=O)C(C)Br. The Kier molecular flexibility index (Phi) is 5.22. The van der Waals surface area contributed by atoms with E-state index in [2.05, 4.69) is 15.9 Å². The molecule has 0 bridgehead atoms. The van der Waals surface area contributed by atoms with Crippen LogP contribution in [0.2, 0.25) is 0 Å². The van der Waals surface area contributed by atoms with E-state index in [4.69, 9.17) is 4.74 Å². The predicted octanol–water partition coefficient (Wildman–Crippen LogP) is 2.64. The highest BCUT2D eigenvalue weighted by molar-refractivity contribution is 9.10. The van der Waals surface area contributed by atoms with Gasteiger partial charge in [0.15, 0.2) is 5.78 Å². The molecule has 0 saturated carbocycles. The Morgan fingerprint density at radius 2 is 2.06 bits per heavy atom. The number of hydrogen-bond donors (Lipinski definition) is 0. The minimum absolute atomic E-state index is 0.123. The van der Waals surface area contributed by atoms with Gasteiger partial charge >= 0.3 is 5.97 Å². The lowest BCUT2D eigenvalue weighted by atomic mass is 9.99. The molecule has 5 heteroatoms. The molecule has 1 unspecified atom stereocenters. The van der Waals surface area contributed by atoms with Crippen LogP contribution in [0.25, 0.3) is 0 Å². The zero-order chi connectivity index (χ0) is 13.7. The summed E-state index contributed by atoms with van der Waals surface area (Å²) in [5.74, 6) is -0.826. The third-order valence-corrected chi connectivity index (χ3v) is 2.72. The molecule has 0 aliphatic carbocycles. The van der Waals surface area contributed by atoms with Gasteiger partial charge in [0.05, 0.1) is 17.0 Å². The number of esters is 1. The van der Waals surface area contributed by atoms with Crippen molar-refractivity contribution in [3.8, 4) is 0 Å². The molecule has 1 aromatic carbocycles. The highest BCUT2D eigenvalue weighted by Crippen LogP contribution is 2.17. The van der Waals surface area contributed by atoms with Crippen LogP contribution >= 0.6 is 15.9 Å². The molecule has 0 amide bonds. The van der Waals surface area contributed by atoms with Gasteiger partial charge in [-0.3, -0.25) is 9.59 Å². The normalized spacial score (nSPS) is 11.7. The maximum absolute atomic E-state index is 11.9. The summed E-state index contributed by atoms with van der Waals surface area (Å²) >= 11 is 3.16. The van der Waals surface area contributed by atoms with Gasteiger partial charge in [-0.2, -0.15) is 0 Å². The van der Waals surface area contributed by atoms with Gasteiger partial charge in [-0.25, -0.2) is 4.79 Å². The smallest absolute Gasteiger partial charge is 0.338 e. The molecule has 96 valence electrons. The second-order valence-corrected chi connectivity index (χ2v) is 5.00. The topological polar surface area (TPSA) is 60.4 Å². The number of alkyl halides is 1.